The molecule has 7 heteroatoms. The van der Waals surface area contributed by atoms with Crippen molar-refractivity contribution in [1.29, 1.82) is 0 Å². The van der Waals surface area contributed by atoms with Crippen LogP contribution >= 0.6 is 0 Å². The van der Waals surface area contributed by atoms with Crippen LogP contribution in [-0.4, -0.2) is 64.3 Å². The molecule has 33 heavy (non-hydrogen) atoms. The molecule has 4 rings (SSSR count). The molecule has 176 valence electrons. The van der Waals surface area contributed by atoms with E-state index in [1.807, 2.05) is 34.9 Å². The molecule has 2 aliphatic heterocycles. The first-order valence-electron chi connectivity index (χ1n) is 12.2. The summed E-state index contributed by atoms with van der Waals surface area (Å²) in [4.78, 5) is 41.6. The van der Waals surface area contributed by atoms with Gasteiger partial charge in [0.2, 0.25) is 11.8 Å². The molecule has 1 saturated heterocycles. The van der Waals surface area contributed by atoms with Gasteiger partial charge in [0.1, 0.15) is 5.82 Å². The Morgan fingerprint density at radius 1 is 1.12 bits per heavy atom. The minimum atomic E-state index is -0.120. The van der Waals surface area contributed by atoms with E-state index in [0.717, 1.165) is 56.0 Å². The Bertz CT molecular complexity index is 990. The monoisotopic (exact) mass is 449 g/mol. The van der Waals surface area contributed by atoms with Crippen LogP contribution in [-0.2, 0) is 22.4 Å². The Hall–Kier alpha value is -2.80. The minimum absolute atomic E-state index is 0.114. The van der Waals surface area contributed by atoms with Crippen molar-refractivity contribution in [3.05, 3.63) is 53.0 Å². The smallest absolute Gasteiger partial charge is 0.237 e. The van der Waals surface area contributed by atoms with Crippen LogP contribution in [0, 0.1) is 6.92 Å². The molecule has 0 saturated carbocycles. The summed E-state index contributed by atoms with van der Waals surface area (Å²) in [5.41, 5.74) is 3.19. The maximum Gasteiger partial charge on any atom is 0.237 e. The quantitative estimate of drug-likeness (QED) is 0.618. The Morgan fingerprint density at radius 3 is 2.61 bits per heavy atom. The highest BCUT2D eigenvalue weighted by Crippen LogP contribution is 2.34. The van der Waals surface area contributed by atoms with Crippen LogP contribution in [0.4, 0.5) is 5.82 Å². The predicted octanol–water partition coefficient (Wildman–Crippen LogP) is 3.31. The lowest BCUT2D eigenvalue weighted by molar-refractivity contribution is -0.133. The average Bonchev–Trinajstić information content (AvgIpc) is 3.32. The largest absolute Gasteiger partial charge is 0.331 e. The Labute approximate surface area is 196 Å². The second kappa shape index (κ2) is 10.4. The van der Waals surface area contributed by atoms with Crippen LogP contribution in [0.15, 0.2) is 30.3 Å². The van der Waals surface area contributed by atoms with Crippen molar-refractivity contribution in [3.63, 3.8) is 0 Å². The van der Waals surface area contributed by atoms with Gasteiger partial charge in [-0.05, 0) is 51.3 Å². The van der Waals surface area contributed by atoms with Gasteiger partial charge in [0.05, 0.1) is 12.6 Å². The molecule has 0 aliphatic carbocycles. The van der Waals surface area contributed by atoms with Gasteiger partial charge < -0.3 is 4.90 Å². The molecule has 3 heterocycles. The Kier molecular flexibility index (Phi) is 7.38. The predicted molar refractivity (Wildman–Crippen MR) is 129 cm³/mol. The summed E-state index contributed by atoms with van der Waals surface area (Å²) >= 11 is 0. The number of aryl methyl sites for hydroxylation is 1. The van der Waals surface area contributed by atoms with Crippen molar-refractivity contribution < 1.29 is 9.59 Å². The third-order valence-corrected chi connectivity index (χ3v) is 6.95. The van der Waals surface area contributed by atoms with Gasteiger partial charge in [0.25, 0.3) is 0 Å². The van der Waals surface area contributed by atoms with Crippen molar-refractivity contribution in [2.75, 3.05) is 37.6 Å². The number of likely N-dealkylation sites (tertiary alicyclic amines) is 1. The van der Waals surface area contributed by atoms with E-state index in [2.05, 4.69) is 30.9 Å². The molecule has 1 atom stereocenters. The number of hydrogen-bond acceptors (Lipinski definition) is 5. The first kappa shape index (κ1) is 23.4. The summed E-state index contributed by atoms with van der Waals surface area (Å²) in [5, 5.41) is 0. The van der Waals surface area contributed by atoms with Crippen LogP contribution in [0.5, 0.6) is 0 Å². The summed E-state index contributed by atoms with van der Waals surface area (Å²) in [6, 6.07) is 10.1. The number of rotatable bonds is 8. The highest BCUT2D eigenvalue weighted by Gasteiger charge is 2.35. The van der Waals surface area contributed by atoms with Crippen molar-refractivity contribution in [2.24, 2.45) is 0 Å². The SMILES string of the molecule is CCN(CC)CC(=O)N1CCC[C@H]1c1nc(C)c2c(n1)N(CCc1ccccc1)C(=O)CC2. The number of benzene rings is 1. The second-order valence-electron chi connectivity index (χ2n) is 8.96. The Balaban J connectivity index is 1.59. The van der Waals surface area contributed by atoms with E-state index in [0.29, 0.717) is 31.8 Å². The number of hydrogen-bond donors (Lipinski definition) is 0. The number of carbonyl (C=O) groups is 2. The standard InChI is InChI=1S/C26H35N5O2/c1-4-29(5-2)18-24(33)30-16-9-12-22(30)25-27-19(3)21-13-14-23(32)31(26(21)28-25)17-15-20-10-7-6-8-11-20/h6-8,10-11,22H,4-5,9,12-18H2,1-3H3/t22-/m0/s1. The zero-order valence-electron chi connectivity index (χ0n) is 20.1. The molecule has 1 aromatic carbocycles. The van der Waals surface area contributed by atoms with Crippen molar-refractivity contribution in [3.8, 4) is 0 Å². The van der Waals surface area contributed by atoms with Crippen LogP contribution in [0.2, 0.25) is 0 Å². The maximum atomic E-state index is 13.1. The van der Waals surface area contributed by atoms with E-state index in [4.69, 9.17) is 9.97 Å². The van der Waals surface area contributed by atoms with E-state index < -0.39 is 0 Å². The summed E-state index contributed by atoms with van der Waals surface area (Å²) in [6.45, 7) is 9.63. The molecule has 7 nitrogen and oxygen atoms in total. The molecule has 2 amide bonds. The highest BCUT2D eigenvalue weighted by atomic mass is 16.2. The number of aromatic nitrogens is 2. The first-order chi connectivity index (χ1) is 16.0. The summed E-state index contributed by atoms with van der Waals surface area (Å²) in [6.07, 6.45) is 3.76. The van der Waals surface area contributed by atoms with E-state index in [9.17, 15) is 9.59 Å². The van der Waals surface area contributed by atoms with E-state index in [-0.39, 0.29) is 17.9 Å². The van der Waals surface area contributed by atoms with Gasteiger partial charge in [-0.15, -0.1) is 0 Å². The topological polar surface area (TPSA) is 69.6 Å². The summed E-state index contributed by atoms with van der Waals surface area (Å²) < 4.78 is 0. The van der Waals surface area contributed by atoms with Crippen LogP contribution in [0.3, 0.4) is 0 Å². The number of carbonyl (C=O) groups excluding carboxylic acids is 2. The van der Waals surface area contributed by atoms with Crippen LogP contribution < -0.4 is 4.90 Å². The Morgan fingerprint density at radius 2 is 1.88 bits per heavy atom. The van der Waals surface area contributed by atoms with E-state index >= 15 is 0 Å². The molecule has 0 N–H and O–H groups in total. The zero-order chi connectivity index (χ0) is 23.4. The van der Waals surface area contributed by atoms with Crippen molar-refractivity contribution >= 4 is 17.6 Å². The fraction of sp³-hybridized carbons (Fsp3) is 0.538. The molecule has 2 aliphatic rings. The fourth-order valence-electron chi connectivity index (χ4n) is 4.93. The third kappa shape index (κ3) is 5.08. The molecular weight excluding hydrogens is 414 g/mol. The second-order valence-corrected chi connectivity index (χ2v) is 8.96. The third-order valence-electron chi connectivity index (χ3n) is 6.95. The van der Waals surface area contributed by atoms with Gasteiger partial charge in [-0.3, -0.25) is 19.4 Å². The van der Waals surface area contributed by atoms with Gasteiger partial charge in [-0.25, -0.2) is 9.97 Å². The maximum absolute atomic E-state index is 13.1. The minimum Gasteiger partial charge on any atom is -0.331 e. The summed E-state index contributed by atoms with van der Waals surface area (Å²) in [7, 11) is 0. The van der Waals surface area contributed by atoms with Crippen LogP contribution in [0.1, 0.15) is 61.8 Å². The fourth-order valence-corrected chi connectivity index (χ4v) is 4.93. The molecular formula is C26H35N5O2. The average molecular weight is 450 g/mol. The number of amides is 2. The van der Waals surface area contributed by atoms with Gasteiger partial charge in [-0.2, -0.15) is 0 Å². The van der Waals surface area contributed by atoms with Gasteiger partial charge in [-0.1, -0.05) is 44.2 Å². The van der Waals surface area contributed by atoms with Gasteiger partial charge >= 0.3 is 0 Å². The molecule has 1 aromatic heterocycles. The highest BCUT2D eigenvalue weighted by molar-refractivity contribution is 5.95. The number of likely N-dealkylation sites (N-methyl/N-ethyl adjacent to an activating group) is 1. The molecule has 1 fully saturated rings. The lowest BCUT2D eigenvalue weighted by Crippen LogP contribution is -2.41. The number of nitrogens with zero attached hydrogens (tertiary/aromatic N) is 5. The zero-order valence-corrected chi connectivity index (χ0v) is 20.1. The van der Waals surface area contributed by atoms with Crippen LogP contribution in [0.25, 0.3) is 0 Å². The van der Waals surface area contributed by atoms with Gasteiger partial charge in [0.15, 0.2) is 5.82 Å². The van der Waals surface area contributed by atoms with Crippen molar-refractivity contribution in [2.45, 2.75) is 58.9 Å². The molecule has 0 bridgehead atoms. The number of anilines is 1. The molecule has 0 unspecified atom stereocenters. The molecule has 2 aromatic rings. The van der Waals surface area contributed by atoms with Crippen molar-refractivity contribution in [1.82, 2.24) is 19.8 Å². The molecule has 0 radical (unpaired) electrons. The van der Waals surface area contributed by atoms with Gasteiger partial charge in [0, 0.05) is 30.8 Å². The normalized spacial score (nSPS) is 18.2. The summed E-state index contributed by atoms with van der Waals surface area (Å²) in [5.74, 6) is 1.67. The first-order valence-corrected chi connectivity index (χ1v) is 12.2. The van der Waals surface area contributed by atoms with E-state index in [1.54, 1.807) is 0 Å². The van der Waals surface area contributed by atoms with E-state index in [1.165, 1.54) is 5.56 Å². The lowest BCUT2D eigenvalue weighted by atomic mass is 10.0. The number of fused-ring (bicyclic) bond motifs is 1. The molecule has 0 spiro atoms. The lowest BCUT2D eigenvalue weighted by Gasteiger charge is -2.31.